The van der Waals surface area contributed by atoms with Crippen LogP contribution >= 0.6 is 0 Å². The molecule has 1 saturated heterocycles. The summed E-state index contributed by atoms with van der Waals surface area (Å²) in [7, 11) is 0. The van der Waals surface area contributed by atoms with E-state index >= 15 is 0 Å². The summed E-state index contributed by atoms with van der Waals surface area (Å²) in [6.07, 6.45) is 4.81. The lowest BCUT2D eigenvalue weighted by molar-refractivity contribution is -0.123. The SMILES string of the molecule is CC(C)(O)C#Cc1ccc(CN2CCC3(CC2)C[C@@H]3C(=O)NCc2ccco2)cc1. The van der Waals surface area contributed by atoms with E-state index in [1.807, 2.05) is 24.3 Å². The first-order chi connectivity index (χ1) is 14.3. The third kappa shape index (κ3) is 5.13. The Morgan fingerprint density at radius 3 is 2.63 bits per heavy atom. The number of carbonyl (C=O) groups is 1. The van der Waals surface area contributed by atoms with Gasteiger partial charge in [0.1, 0.15) is 11.4 Å². The topological polar surface area (TPSA) is 65.7 Å². The van der Waals surface area contributed by atoms with Gasteiger partial charge in [0.25, 0.3) is 0 Å². The Balaban J connectivity index is 1.23. The van der Waals surface area contributed by atoms with E-state index in [1.54, 1.807) is 20.1 Å². The Hall–Kier alpha value is -2.55. The number of aliphatic hydroxyl groups is 1. The highest BCUT2D eigenvalue weighted by Gasteiger charge is 2.58. The van der Waals surface area contributed by atoms with Gasteiger partial charge in [0.15, 0.2) is 0 Å². The van der Waals surface area contributed by atoms with Gasteiger partial charge in [-0.3, -0.25) is 9.69 Å². The molecule has 1 aromatic heterocycles. The number of nitrogens with one attached hydrogen (secondary N) is 1. The summed E-state index contributed by atoms with van der Waals surface area (Å²) in [5, 5.41) is 12.7. The third-order valence-corrected chi connectivity index (χ3v) is 6.25. The first kappa shape index (κ1) is 20.7. The van der Waals surface area contributed by atoms with Gasteiger partial charge in [0.05, 0.1) is 12.8 Å². The van der Waals surface area contributed by atoms with E-state index in [1.165, 1.54) is 5.56 Å². The fourth-order valence-electron chi connectivity index (χ4n) is 4.31. The van der Waals surface area contributed by atoms with Crippen LogP contribution in [0, 0.1) is 23.2 Å². The predicted octanol–water partition coefficient (Wildman–Crippen LogP) is 3.32. The molecule has 0 unspecified atom stereocenters. The maximum absolute atomic E-state index is 12.5. The molecule has 1 spiro atoms. The van der Waals surface area contributed by atoms with Crippen molar-refractivity contribution in [1.82, 2.24) is 10.2 Å². The van der Waals surface area contributed by atoms with Gasteiger partial charge in [-0.25, -0.2) is 0 Å². The average molecular weight is 407 g/mol. The van der Waals surface area contributed by atoms with Crippen molar-refractivity contribution in [2.24, 2.45) is 11.3 Å². The monoisotopic (exact) mass is 406 g/mol. The highest BCUT2D eigenvalue weighted by Crippen LogP contribution is 2.59. The number of benzene rings is 1. The Kier molecular flexibility index (Phi) is 5.73. The fourth-order valence-corrected chi connectivity index (χ4v) is 4.31. The molecule has 1 saturated carbocycles. The molecule has 158 valence electrons. The van der Waals surface area contributed by atoms with E-state index in [-0.39, 0.29) is 17.2 Å². The molecule has 2 heterocycles. The minimum atomic E-state index is -0.973. The molecule has 2 fully saturated rings. The van der Waals surface area contributed by atoms with Crippen LogP contribution in [0.4, 0.5) is 0 Å². The van der Waals surface area contributed by atoms with Crippen LogP contribution in [0.3, 0.4) is 0 Å². The van der Waals surface area contributed by atoms with Gasteiger partial charge in [-0.2, -0.15) is 0 Å². The van der Waals surface area contributed by atoms with E-state index in [2.05, 4.69) is 34.2 Å². The number of piperidine rings is 1. The molecule has 5 nitrogen and oxygen atoms in total. The van der Waals surface area contributed by atoms with Crippen molar-refractivity contribution in [3.05, 3.63) is 59.5 Å². The highest BCUT2D eigenvalue weighted by molar-refractivity contribution is 5.82. The van der Waals surface area contributed by atoms with Crippen LogP contribution in [0.5, 0.6) is 0 Å². The maximum Gasteiger partial charge on any atom is 0.224 e. The Bertz CT molecular complexity index is 922. The molecule has 0 radical (unpaired) electrons. The van der Waals surface area contributed by atoms with Crippen molar-refractivity contribution >= 4 is 5.91 Å². The van der Waals surface area contributed by atoms with Crippen LogP contribution in [0.1, 0.15) is 50.0 Å². The second-order valence-corrected chi connectivity index (χ2v) is 9.20. The van der Waals surface area contributed by atoms with Crippen LogP contribution in [0.15, 0.2) is 47.1 Å². The van der Waals surface area contributed by atoms with E-state index in [4.69, 9.17) is 4.42 Å². The third-order valence-electron chi connectivity index (χ3n) is 6.25. The fraction of sp³-hybridized carbons (Fsp3) is 0.480. The van der Waals surface area contributed by atoms with Crippen molar-refractivity contribution in [1.29, 1.82) is 0 Å². The number of furan rings is 1. The Labute approximate surface area is 178 Å². The molecule has 1 atom stereocenters. The summed E-state index contributed by atoms with van der Waals surface area (Å²) in [5.74, 6) is 6.98. The molecular weight excluding hydrogens is 376 g/mol. The second kappa shape index (κ2) is 8.29. The molecule has 1 aromatic carbocycles. The zero-order valence-electron chi connectivity index (χ0n) is 17.8. The molecule has 2 aliphatic rings. The van der Waals surface area contributed by atoms with Gasteiger partial charge in [0, 0.05) is 18.0 Å². The van der Waals surface area contributed by atoms with Gasteiger partial charge in [0.2, 0.25) is 5.91 Å². The van der Waals surface area contributed by atoms with Gasteiger partial charge in [-0.05, 0) is 81.4 Å². The van der Waals surface area contributed by atoms with Gasteiger partial charge in [-0.1, -0.05) is 24.0 Å². The molecule has 1 amide bonds. The lowest BCUT2D eigenvalue weighted by Gasteiger charge is -2.32. The number of amides is 1. The normalized spacial score (nSPS) is 20.4. The largest absolute Gasteiger partial charge is 0.467 e. The smallest absolute Gasteiger partial charge is 0.224 e. The van der Waals surface area contributed by atoms with Gasteiger partial charge >= 0.3 is 0 Å². The first-order valence-electron chi connectivity index (χ1n) is 10.7. The molecule has 4 rings (SSSR count). The van der Waals surface area contributed by atoms with Gasteiger partial charge in [-0.15, -0.1) is 0 Å². The van der Waals surface area contributed by atoms with Crippen molar-refractivity contribution in [3.63, 3.8) is 0 Å². The van der Waals surface area contributed by atoms with Crippen LogP contribution in [-0.2, 0) is 17.9 Å². The summed E-state index contributed by atoms with van der Waals surface area (Å²) in [6, 6.07) is 12.0. The minimum absolute atomic E-state index is 0.156. The maximum atomic E-state index is 12.5. The summed E-state index contributed by atoms with van der Waals surface area (Å²) in [5.41, 5.74) is 1.42. The molecule has 1 aliphatic heterocycles. The molecule has 2 N–H and O–H groups in total. The summed E-state index contributed by atoms with van der Waals surface area (Å²) in [6.45, 7) is 6.82. The van der Waals surface area contributed by atoms with Crippen molar-refractivity contribution in [2.45, 2.75) is 51.8 Å². The molecule has 0 bridgehead atoms. The van der Waals surface area contributed by atoms with Gasteiger partial charge < -0.3 is 14.8 Å². The molecular formula is C25H30N2O3. The number of nitrogens with zero attached hydrogens (tertiary/aromatic N) is 1. The summed E-state index contributed by atoms with van der Waals surface area (Å²) >= 11 is 0. The first-order valence-corrected chi connectivity index (χ1v) is 10.7. The zero-order valence-corrected chi connectivity index (χ0v) is 17.8. The number of carbonyl (C=O) groups excluding carboxylic acids is 1. The minimum Gasteiger partial charge on any atom is -0.467 e. The van der Waals surface area contributed by atoms with E-state index in [0.29, 0.717) is 6.54 Å². The summed E-state index contributed by atoms with van der Waals surface area (Å²) < 4.78 is 5.29. The van der Waals surface area contributed by atoms with Crippen LogP contribution < -0.4 is 5.32 Å². The number of hydrogen-bond acceptors (Lipinski definition) is 4. The summed E-state index contributed by atoms with van der Waals surface area (Å²) in [4.78, 5) is 15.0. The number of rotatable bonds is 5. The number of hydrogen-bond donors (Lipinski definition) is 2. The Morgan fingerprint density at radius 2 is 2.00 bits per heavy atom. The highest BCUT2D eigenvalue weighted by atomic mass is 16.3. The van der Waals surface area contributed by atoms with Crippen molar-refractivity contribution < 1.29 is 14.3 Å². The standard InChI is InChI=1S/C25H30N2O3/c1-24(2,29)10-9-19-5-7-20(8-6-19)18-27-13-11-25(12-14-27)16-22(25)23(28)26-17-21-4-3-15-30-21/h3-8,15,22,29H,11-14,16-18H2,1-2H3,(H,26,28)/t22-/m1/s1. The van der Waals surface area contributed by atoms with Crippen LogP contribution in [-0.4, -0.2) is 34.6 Å². The predicted molar refractivity (Wildman–Crippen MR) is 115 cm³/mol. The molecule has 5 heteroatoms. The van der Waals surface area contributed by atoms with Crippen LogP contribution in [0.25, 0.3) is 0 Å². The number of likely N-dealkylation sites (tertiary alicyclic amines) is 1. The lowest BCUT2D eigenvalue weighted by Crippen LogP contribution is -2.36. The zero-order chi connectivity index (χ0) is 21.2. The van der Waals surface area contributed by atoms with Crippen molar-refractivity contribution in [3.8, 4) is 11.8 Å². The average Bonchev–Trinajstić information content (AvgIpc) is 3.16. The van der Waals surface area contributed by atoms with E-state index in [9.17, 15) is 9.90 Å². The Morgan fingerprint density at radius 1 is 1.27 bits per heavy atom. The second-order valence-electron chi connectivity index (χ2n) is 9.20. The quantitative estimate of drug-likeness (QED) is 0.748. The van der Waals surface area contributed by atoms with E-state index < -0.39 is 5.60 Å². The van der Waals surface area contributed by atoms with Crippen LogP contribution in [0.2, 0.25) is 0 Å². The lowest BCUT2D eigenvalue weighted by atomic mass is 9.90. The molecule has 30 heavy (non-hydrogen) atoms. The molecule has 1 aliphatic carbocycles. The van der Waals surface area contributed by atoms with E-state index in [0.717, 1.165) is 50.2 Å². The van der Waals surface area contributed by atoms with Crippen molar-refractivity contribution in [2.75, 3.05) is 13.1 Å². The molecule has 2 aromatic rings.